The Morgan fingerprint density at radius 1 is 1.29 bits per heavy atom. The molecule has 0 aliphatic rings. The van der Waals surface area contributed by atoms with E-state index in [1.165, 1.54) is 0 Å². The van der Waals surface area contributed by atoms with Gasteiger partial charge in [-0.2, -0.15) is 0 Å². The van der Waals surface area contributed by atoms with Gasteiger partial charge in [0.1, 0.15) is 5.75 Å². The first-order valence-electron chi connectivity index (χ1n) is 6.13. The third kappa shape index (κ3) is 3.28. The quantitative estimate of drug-likeness (QED) is 0.500. The highest BCUT2D eigenvalue weighted by atomic mass is 79.9. The van der Waals surface area contributed by atoms with Gasteiger partial charge in [-0.05, 0) is 42.7 Å². The summed E-state index contributed by atoms with van der Waals surface area (Å²) in [7, 11) is 0. The summed E-state index contributed by atoms with van der Waals surface area (Å²) in [6.07, 6.45) is 3.69. The molecule has 21 heavy (non-hydrogen) atoms. The first kappa shape index (κ1) is 14.6. The number of aromatic nitrogens is 1. The molecule has 1 heterocycles. The van der Waals surface area contributed by atoms with Crippen LogP contribution in [0, 0.1) is 0 Å². The fourth-order valence-corrected chi connectivity index (χ4v) is 3.73. The minimum atomic E-state index is 0.213. The molecule has 1 N–H and O–H groups in total. The maximum Gasteiger partial charge on any atom is 0.150 e. The van der Waals surface area contributed by atoms with E-state index in [2.05, 4.69) is 25.9 Å². The van der Waals surface area contributed by atoms with Gasteiger partial charge in [-0.1, -0.05) is 27.7 Å². The zero-order valence-corrected chi connectivity index (χ0v) is 14.3. The maximum absolute atomic E-state index is 9.80. The molecule has 106 valence electrons. The minimum absolute atomic E-state index is 0.213. The van der Waals surface area contributed by atoms with E-state index in [4.69, 9.17) is 0 Å². The lowest BCUT2D eigenvalue weighted by molar-refractivity contribution is 0.474. The van der Waals surface area contributed by atoms with Gasteiger partial charge >= 0.3 is 0 Å². The Labute approximate surface area is 138 Å². The first-order chi connectivity index (χ1) is 10.2. The van der Waals surface area contributed by atoms with E-state index < -0.39 is 0 Å². The average Bonchev–Trinajstić information content (AvgIpc) is 2.90. The smallest absolute Gasteiger partial charge is 0.150 e. The first-order valence-corrected chi connectivity index (χ1v) is 8.96. The highest BCUT2D eigenvalue weighted by Crippen LogP contribution is 2.31. The molecule has 0 aliphatic carbocycles. The Morgan fingerprint density at radius 3 is 2.95 bits per heavy atom. The molecular weight excluding hydrogens is 368 g/mol. The Kier molecular flexibility index (Phi) is 4.28. The van der Waals surface area contributed by atoms with Crippen LogP contribution < -0.4 is 0 Å². The number of fused-ring (bicyclic) bond motifs is 1. The second-order valence-corrected chi connectivity index (χ2v) is 7.30. The molecule has 2 aromatic carbocycles. The minimum Gasteiger partial charge on any atom is -0.507 e. The topological polar surface area (TPSA) is 45.5 Å². The van der Waals surface area contributed by atoms with Gasteiger partial charge in [0.25, 0.3) is 0 Å². The number of benzene rings is 2. The number of phenolic OH excluding ortho intramolecular Hbond substituents is 1. The van der Waals surface area contributed by atoms with Crippen LogP contribution in [0.4, 0.5) is 5.69 Å². The average molecular weight is 379 g/mol. The molecule has 0 amide bonds. The Balaban J connectivity index is 1.93. The van der Waals surface area contributed by atoms with E-state index in [-0.39, 0.29) is 5.75 Å². The van der Waals surface area contributed by atoms with Crippen molar-refractivity contribution in [1.29, 1.82) is 0 Å². The second-order valence-electron chi connectivity index (χ2n) is 4.30. The van der Waals surface area contributed by atoms with Crippen molar-refractivity contribution >= 4 is 61.1 Å². The highest BCUT2D eigenvalue weighted by molar-refractivity contribution is 9.10. The summed E-state index contributed by atoms with van der Waals surface area (Å²) in [5.41, 5.74) is 2.52. The van der Waals surface area contributed by atoms with E-state index in [0.29, 0.717) is 5.56 Å². The van der Waals surface area contributed by atoms with Crippen LogP contribution in [0.2, 0.25) is 0 Å². The van der Waals surface area contributed by atoms with Crippen molar-refractivity contribution in [2.45, 2.75) is 4.34 Å². The number of rotatable bonds is 3. The van der Waals surface area contributed by atoms with Crippen LogP contribution in [0.1, 0.15) is 5.56 Å². The lowest BCUT2D eigenvalue weighted by Crippen LogP contribution is -1.82. The van der Waals surface area contributed by atoms with E-state index in [1.54, 1.807) is 41.4 Å². The molecular formula is C15H11BrN2OS2. The van der Waals surface area contributed by atoms with E-state index >= 15 is 0 Å². The molecule has 3 aromatic rings. The molecule has 0 radical (unpaired) electrons. The number of nitrogens with zero attached hydrogens (tertiary/aromatic N) is 2. The van der Waals surface area contributed by atoms with Gasteiger partial charge in [0.2, 0.25) is 0 Å². The van der Waals surface area contributed by atoms with Crippen LogP contribution in [0.3, 0.4) is 0 Å². The van der Waals surface area contributed by atoms with Crippen LogP contribution in [0.15, 0.2) is 50.2 Å². The van der Waals surface area contributed by atoms with Crippen LogP contribution in [-0.2, 0) is 0 Å². The third-order valence-corrected chi connectivity index (χ3v) is 5.37. The van der Waals surface area contributed by atoms with Crippen molar-refractivity contribution in [3.05, 3.63) is 46.4 Å². The number of halogens is 1. The summed E-state index contributed by atoms with van der Waals surface area (Å²) in [5, 5.41) is 9.80. The molecule has 0 saturated heterocycles. The largest absolute Gasteiger partial charge is 0.507 e. The summed E-state index contributed by atoms with van der Waals surface area (Å²) in [4.78, 5) is 8.93. The van der Waals surface area contributed by atoms with Crippen molar-refractivity contribution in [2.75, 3.05) is 6.26 Å². The van der Waals surface area contributed by atoms with Crippen molar-refractivity contribution < 1.29 is 5.11 Å². The van der Waals surface area contributed by atoms with Crippen LogP contribution >= 0.6 is 39.0 Å². The number of thioether (sulfide) groups is 1. The highest BCUT2D eigenvalue weighted by Gasteiger charge is 2.03. The van der Waals surface area contributed by atoms with E-state index in [9.17, 15) is 5.11 Å². The summed E-state index contributed by atoms with van der Waals surface area (Å²) in [5.74, 6) is 0.213. The third-order valence-electron chi connectivity index (χ3n) is 2.87. The molecule has 0 fully saturated rings. The predicted molar refractivity (Wildman–Crippen MR) is 94.5 cm³/mol. The van der Waals surface area contributed by atoms with Gasteiger partial charge in [0.15, 0.2) is 4.34 Å². The summed E-state index contributed by atoms with van der Waals surface area (Å²) in [6, 6.07) is 11.2. The molecule has 0 saturated carbocycles. The Hall–Kier alpha value is -1.37. The fraction of sp³-hybridized carbons (Fsp3) is 0.0667. The molecule has 0 aliphatic heterocycles. The van der Waals surface area contributed by atoms with Gasteiger partial charge in [0, 0.05) is 16.3 Å². The van der Waals surface area contributed by atoms with Gasteiger partial charge < -0.3 is 5.11 Å². The molecule has 0 unspecified atom stereocenters. The Morgan fingerprint density at radius 2 is 2.14 bits per heavy atom. The standard InChI is InChI=1S/C15H11BrN2OS2/c1-20-15-18-12-4-3-11(7-14(12)21-15)17-8-9-6-10(16)2-5-13(9)19/h2-8,19H,1H3. The summed E-state index contributed by atoms with van der Waals surface area (Å²) >= 11 is 6.69. The monoisotopic (exact) mass is 378 g/mol. The van der Waals surface area contributed by atoms with Crippen LogP contribution in [0.5, 0.6) is 5.75 Å². The molecule has 3 nitrogen and oxygen atoms in total. The zero-order chi connectivity index (χ0) is 14.8. The summed E-state index contributed by atoms with van der Waals surface area (Å²) in [6.45, 7) is 0. The number of aromatic hydroxyl groups is 1. The molecule has 3 rings (SSSR count). The van der Waals surface area contributed by atoms with Gasteiger partial charge in [-0.3, -0.25) is 4.99 Å². The van der Waals surface area contributed by atoms with Gasteiger partial charge in [-0.15, -0.1) is 11.3 Å². The van der Waals surface area contributed by atoms with Crippen molar-refractivity contribution in [3.63, 3.8) is 0 Å². The summed E-state index contributed by atoms with van der Waals surface area (Å²) < 4.78 is 3.08. The van der Waals surface area contributed by atoms with Crippen molar-refractivity contribution in [3.8, 4) is 5.75 Å². The molecule has 1 aromatic heterocycles. The lowest BCUT2D eigenvalue weighted by atomic mass is 10.2. The zero-order valence-electron chi connectivity index (χ0n) is 11.1. The lowest BCUT2D eigenvalue weighted by Gasteiger charge is -1.99. The SMILES string of the molecule is CSc1nc2ccc(N=Cc3cc(Br)ccc3O)cc2s1. The van der Waals surface area contributed by atoms with Crippen molar-refractivity contribution in [2.24, 2.45) is 4.99 Å². The molecule has 0 atom stereocenters. The Bertz CT molecular complexity index is 830. The van der Waals surface area contributed by atoms with E-state index in [1.807, 2.05) is 30.5 Å². The second kappa shape index (κ2) is 6.17. The molecule has 6 heteroatoms. The van der Waals surface area contributed by atoms with Crippen LogP contribution in [0.25, 0.3) is 10.2 Å². The predicted octanol–water partition coefficient (Wildman–Crippen LogP) is 5.24. The van der Waals surface area contributed by atoms with Crippen molar-refractivity contribution in [1.82, 2.24) is 4.98 Å². The number of thiazole rings is 1. The fourth-order valence-electron chi connectivity index (χ4n) is 1.83. The molecule has 0 spiro atoms. The molecule has 0 bridgehead atoms. The number of aliphatic imine (C=N–C) groups is 1. The maximum atomic E-state index is 9.80. The van der Waals surface area contributed by atoms with Gasteiger partial charge in [-0.25, -0.2) is 4.98 Å². The van der Waals surface area contributed by atoms with Gasteiger partial charge in [0.05, 0.1) is 15.9 Å². The van der Waals surface area contributed by atoms with E-state index in [0.717, 1.165) is 24.7 Å². The normalized spacial score (nSPS) is 11.5. The van der Waals surface area contributed by atoms with Crippen LogP contribution in [-0.4, -0.2) is 22.6 Å². The number of phenols is 1. The number of hydrogen-bond donors (Lipinski definition) is 1. The number of hydrogen-bond acceptors (Lipinski definition) is 5.